The van der Waals surface area contributed by atoms with Gasteiger partial charge in [-0.1, -0.05) is 80.5 Å². The first-order chi connectivity index (χ1) is 18.3. The number of aliphatic hydroxyl groups is 1. The molecule has 0 spiro atoms. The summed E-state index contributed by atoms with van der Waals surface area (Å²) in [6, 6.07) is 11.8. The van der Waals surface area contributed by atoms with Crippen molar-refractivity contribution >= 4 is 0 Å². The van der Waals surface area contributed by atoms with Crippen LogP contribution in [0.1, 0.15) is 112 Å². The molecule has 0 atom stereocenters. The van der Waals surface area contributed by atoms with Crippen LogP contribution in [0.15, 0.2) is 36.4 Å². The number of benzene rings is 3. The normalized spacial score (nSPS) is 12.7. The van der Waals surface area contributed by atoms with Gasteiger partial charge in [0.25, 0.3) is 0 Å². The van der Waals surface area contributed by atoms with Gasteiger partial charge >= 0.3 is 0 Å². The molecule has 3 aromatic carbocycles. The molecule has 0 aliphatic rings. The summed E-state index contributed by atoms with van der Waals surface area (Å²) in [5, 5.41) is 42.8. The van der Waals surface area contributed by atoms with E-state index in [9.17, 15) is 20.4 Å². The molecule has 0 amide bonds. The highest BCUT2D eigenvalue weighted by Crippen LogP contribution is 2.37. The molecule has 3 rings (SSSR count). The lowest BCUT2D eigenvalue weighted by Crippen LogP contribution is -2.14. The lowest BCUT2D eigenvalue weighted by Gasteiger charge is -2.24. The van der Waals surface area contributed by atoms with E-state index in [1.165, 1.54) is 0 Å². The Morgan fingerprint density at radius 1 is 0.525 bits per heavy atom. The fourth-order valence-corrected chi connectivity index (χ4v) is 4.76. The summed E-state index contributed by atoms with van der Waals surface area (Å²) < 4.78 is 6.06. The topological polar surface area (TPSA) is 90.2 Å². The Morgan fingerprint density at radius 3 is 1.30 bits per heavy atom. The van der Waals surface area contributed by atoms with Crippen LogP contribution in [0.2, 0.25) is 0 Å². The number of aryl methyl sites for hydroxylation is 1. The van der Waals surface area contributed by atoms with E-state index in [-0.39, 0.29) is 53.3 Å². The first kappa shape index (κ1) is 31.5. The van der Waals surface area contributed by atoms with Crippen LogP contribution in [-0.4, -0.2) is 20.4 Å². The van der Waals surface area contributed by atoms with E-state index in [1.807, 2.05) is 43.3 Å². The van der Waals surface area contributed by atoms with Gasteiger partial charge in [-0.2, -0.15) is 0 Å². The zero-order chi connectivity index (χ0) is 30.2. The summed E-state index contributed by atoms with van der Waals surface area (Å²) in [5.41, 5.74) is 6.83. The fourth-order valence-electron chi connectivity index (χ4n) is 4.76. The summed E-state index contributed by atoms with van der Waals surface area (Å²) in [7, 11) is 0. The van der Waals surface area contributed by atoms with Crippen molar-refractivity contribution in [3.05, 3.63) is 86.5 Å². The van der Waals surface area contributed by atoms with Gasteiger partial charge < -0.3 is 25.2 Å². The van der Waals surface area contributed by atoms with E-state index in [0.29, 0.717) is 23.1 Å². The monoisotopic (exact) mass is 548 g/mol. The summed E-state index contributed by atoms with van der Waals surface area (Å²) in [5.74, 6) is 0.434. The van der Waals surface area contributed by atoms with Crippen molar-refractivity contribution in [2.24, 2.45) is 0 Å². The Kier molecular flexibility index (Phi) is 9.03. The van der Waals surface area contributed by atoms with Gasteiger partial charge in [0.1, 0.15) is 17.2 Å². The number of aromatic hydroxyl groups is 3. The van der Waals surface area contributed by atoms with Gasteiger partial charge in [-0.25, -0.2) is 0 Å². The Morgan fingerprint density at radius 2 is 0.875 bits per heavy atom. The number of aliphatic hydroxyl groups excluding tert-OH is 1. The molecular weight excluding hydrogens is 500 g/mol. The Hall–Kier alpha value is -3.02. The van der Waals surface area contributed by atoms with E-state index in [4.69, 9.17) is 4.74 Å². The third-order valence-electron chi connectivity index (χ3n) is 7.58. The smallest absolute Gasteiger partial charge is 0.126 e. The standard InChI is InChI=1S/C35H48O5/c1-21-11-27(33(2,3)4)13-22(30(21)37)12-23-14-28(34(5,6)7)16-25(31(23)38)19-40-20-26-17-29(35(8,9)10)15-24(18-36)32(26)39/h11,13-17,36-39H,12,18-20H2,1-10H3. The molecule has 0 aliphatic carbocycles. The fraction of sp³-hybridized carbons (Fsp3) is 0.486. The third kappa shape index (κ3) is 7.18. The molecule has 0 radical (unpaired) electrons. The van der Waals surface area contributed by atoms with Crippen LogP contribution in [0.3, 0.4) is 0 Å². The van der Waals surface area contributed by atoms with E-state index in [0.717, 1.165) is 33.4 Å². The maximum absolute atomic E-state index is 11.4. The Bertz CT molecular complexity index is 1360. The Balaban J connectivity index is 1.97. The van der Waals surface area contributed by atoms with Crippen LogP contribution in [0.25, 0.3) is 0 Å². The first-order valence-electron chi connectivity index (χ1n) is 14.0. The van der Waals surface area contributed by atoms with Gasteiger partial charge in [0.2, 0.25) is 0 Å². The SMILES string of the molecule is Cc1cc(C(C)(C)C)cc(Cc2cc(C(C)(C)C)cc(COCc3cc(C(C)(C)C)cc(CO)c3O)c2O)c1O. The zero-order valence-corrected chi connectivity index (χ0v) is 26.0. The highest BCUT2D eigenvalue weighted by atomic mass is 16.5. The number of rotatable bonds is 7. The van der Waals surface area contributed by atoms with Gasteiger partial charge in [-0.3, -0.25) is 0 Å². The van der Waals surface area contributed by atoms with E-state index < -0.39 is 0 Å². The summed E-state index contributed by atoms with van der Waals surface area (Å²) in [4.78, 5) is 0. The molecule has 0 aromatic heterocycles. The first-order valence-corrected chi connectivity index (χ1v) is 14.0. The molecular formula is C35H48O5. The molecule has 218 valence electrons. The number of hydrogen-bond donors (Lipinski definition) is 4. The predicted molar refractivity (Wildman–Crippen MR) is 162 cm³/mol. The molecule has 40 heavy (non-hydrogen) atoms. The van der Waals surface area contributed by atoms with Crippen molar-refractivity contribution in [2.45, 2.75) is 112 Å². The van der Waals surface area contributed by atoms with Crippen molar-refractivity contribution in [1.29, 1.82) is 0 Å². The summed E-state index contributed by atoms with van der Waals surface area (Å²) >= 11 is 0. The largest absolute Gasteiger partial charge is 0.507 e. The van der Waals surface area contributed by atoms with Crippen LogP contribution in [0.4, 0.5) is 0 Å². The van der Waals surface area contributed by atoms with Crippen LogP contribution in [0, 0.1) is 6.92 Å². The number of ether oxygens (including phenoxy) is 1. The average molecular weight is 549 g/mol. The van der Waals surface area contributed by atoms with Crippen molar-refractivity contribution < 1.29 is 25.2 Å². The van der Waals surface area contributed by atoms with E-state index >= 15 is 0 Å². The van der Waals surface area contributed by atoms with Gasteiger partial charge in [0, 0.05) is 23.1 Å². The maximum Gasteiger partial charge on any atom is 0.126 e. The molecule has 0 unspecified atom stereocenters. The van der Waals surface area contributed by atoms with Crippen molar-refractivity contribution in [1.82, 2.24) is 0 Å². The second kappa shape index (κ2) is 11.5. The van der Waals surface area contributed by atoms with Gasteiger partial charge in [-0.15, -0.1) is 0 Å². The molecule has 0 fully saturated rings. The van der Waals surface area contributed by atoms with Crippen molar-refractivity contribution in [2.75, 3.05) is 0 Å². The molecule has 0 saturated carbocycles. The molecule has 4 N–H and O–H groups in total. The zero-order valence-electron chi connectivity index (χ0n) is 26.0. The van der Waals surface area contributed by atoms with Crippen molar-refractivity contribution in [3.8, 4) is 17.2 Å². The molecule has 0 aliphatic heterocycles. The molecule has 0 saturated heterocycles. The number of phenolic OH excluding ortho intramolecular Hbond substituents is 2. The maximum atomic E-state index is 11.4. The third-order valence-corrected chi connectivity index (χ3v) is 7.58. The second-order valence-electron chi connectivity index (χ2n) is 14.2. The lowest BCUT2D eigenvalue weighted by molar-refractivity contribution is 0.103. The minimum Gasteiger partial charge on any atom is -0.507 e. The second-order valence-corrected chi connectivity index (χ2v) is 14.2. The molecule has 5 nitrogen and oxygen atoms in total. The quantitative estimate of drug-likeness (QED) is 0.242. The number of phenols is 3. The summed E-state index contributed by atoms with van der Waals surface area (Å²) in [6.07, 6.45) is 0.383. The van der Waals surface area contributed by atoms with Crippen LogP contribution < -0.4 is 0 Å². The predicted octanol–water partition coefficient (Wildman–Crippen LogP) is 7.80. The van der Waals surface area contributed by atoms with Crippen LogP contribution in [-0.2, 0) is 47.2 Å². The van der Waals surface area contributed by atoms with E-state index in [1.54, 1.807) is 0 Å². The van der Waals surface area contributed by atoms with E-state index in [2.05, 4.69) is 62.3 Å². The van der Waals surface area contributed by atoms with Gasteiger partial charge in [-0.05, 0) is 74.7 Å². The Labute approximate surface area is 240 Å². The molecule has 0 bridgehead atoms. The summed E-state index contributed by atoms with van der Waals surface area (Å²) in [6.45, 7) is 21.0. The molecule has 3 aromatic rings. The number of hydrogen-bond acceptors (Lipinski definition) is 5. The highest BCUT2D eigenvalue weighted by Gasteiger charge is 2.23. The average Bonchev–Trinajstić information content (AvgIpc) is 2.82. The molecule has 0 heterocycles. The minimum absolute atomic E-state index is 0.0356. The van der Waals surface area contributed by atoms with Crippen LogP contribution >= 0.6 is 0 Å². The molecule has 5 heteroatoms. The van der Waals surface area contributed by atoms with Gasteiger partial charge in [0.15, 0.2) is 0 Å². The van der Waals surface area contributed by atoms with Gasteiger partial charge in [0.05, 0.1) is 19.8 Å². The van der Waals surface area contributed by atoms with Crippen LogP contribution in [0.5, 0.6) is 17.2 Å². The highest BCUT2D eigenvalue weighted by molar-refractivity contribution is 5.52. The van der Waals surface area contributed by atoms with Crippen molar-refractivity contribution in [3.63, 3.8) is 0 Å². The minimum atomic E-state index is -0.261. The lowest BCUT2D eigenvalue weighted by atomic mass is 9.82.